The molecular formula is C15H14N4O2S. The minimum Gasteiger partial charge on any atom is -0.497 e. The highest BCUT2D eigenvalue weighted by molar-refractivity contribution is 7.14. The molecule has 112 valence electrons. The van der Waals surface area contributed by atoms with Crippen molar-refractivity contribution in [2.45, 2.75) is 13.8 Å². The molecule has 3 aromatic rings. The third-order valence-electron chi connectivity index (χ3n) is 3.35. The third kappa shape index (κ3) is 2.39. The average molecular weight is 314 g/mol. The molecule has 2 aromatic heterocycles. The number of thiazole rings is 1. The van der Waals surface area contributed by atoms with Crippen LogP contribution in [0.1, 0.15) is 21.1 Å². The van der Waals surface area contributed by atoms with Crippen molar-refractivity contribution in [1.82, 2.24) is 20.0 Å². The molecule has 0 unspecified atom stereocenters. The van der Waals surface area contributed by atoms with Crippen molar-refractivity contribution in [3.8, 4) is 22.1 Å². The lowest BCUT2D eigenvalue weighted by molar-refractivity contribution is 0.111. The van der Waals surface area contributed by atoms with Crippen molar-refractivity contribution in [2.75, 3.05) is 7.11 Å². The van der Waals surface area contributed by atoms with Crippen LogP contribution in [0.3, 0.4) is 0 Å². The second kappa shape index (κ2) is 5.69. The van der Waals surface area contributed by atoms with Crippen molar-refractivity contribution in [1.29, 1.82) is 0 Å². The predicted molar refractivity (Wildman–Crippen MR) is 83.9 cm³/mol. The summed E-state index contributed by atoms with van der Waals surface area (Å²) in [6.45, 7) is 3.94. The number of nitrogens with zero attached hydrogens (tertiary/aromatic N) is 4. The van der Waals surface area contributed by atoms with Crippen molar-refractivity contribution in [3.05, 3.63) is 40.5 Å². The molecule has 7 heteroatoms. The molecule has 22 heavy (non-hydrogen) atoms. The molecule has 0 bridgehead atoms. The summed E-state index contributed by atoms with van der Waals surface area (Å²) in [5.74, 6) is 0.702. The largest absolute Gasteiger partial charge is 0.497 e. The van der Waals surface area contributed by atoms with Crippen LogP contribution < -0.4 is 4.74 Å². The fourth-order valence-electron chi connectivity index (χ4n) is 2.09. The molecule has 0 saturated carbocycles. The lowest BCUT2D eigenvalue weighted by atomic mass is 10.1. The van der Waals surface area contributed by atoms with E-state index in [0.29, 0.717) is 22.9 Å². The number of ether oxygens (including phenoxy) is 1. The molecule has 0 N–H and O–H groups in total. The molecule has 3 rings (SSSR count). The quantitative estimate of drug-likeness (QED) is 0.693. The average Bonchev–Trinajstić information content (AvgIpc) is 3.11. The minimum atomic E-state index is 0.277. The van der Waals surface area contributed by atoms with Gasteiger partial charge in [-0.2, -0.15) is 4.68 Å². The number of hydrogen-bond donors (Lipinski definition) is 0. The summed E-state index contributed by atoms with van der Waals surface area (Å²) in [6.07, 6.45) is 0.700. The van der Waals surface area contributed by atoms with Gasteiger partial charge < -0.3 is 4.74 Å². The first-order valence-corrected chi connectivity index (χ1v) is 7.45. The number of aryl methyl sites for hydroxylation is 2. The predicted octanol–water partition coefficient (Wildman–Crippen LogP) is 2.83. The zero-order valence-corrected chi connectivity index (χ0v) is 13.2. The number of aromatic nitrogens is 4. The maximum Gasteiger partial charge on any atom is 0.212 e. The topological polar surface area (TPSA) is 69.9 Å². The fourth-order valence-corrected chi connectivity index (χ4v) is 2.96. The van der Waals surface area contributed by atoms with E-state index in [-0.39, 0.29) is 5.69 Å². The van der Waals surface area contributed by atoms with Gasteiger partial charge in [0.2, 0.25) is 5.13 Å². The Labute approximate surface area is 131 Å². The molecule has 0 amide bonds. The number of hydrogen-bond acceptors (Lipinski definition) is 6. The Balaban J connectivity index is 2.21. The summed E-state index contributed by atoms with van der Waals surface area (Å²) in [6, 6.07) is 7.43. The van der Waals surface area contributed by atoms with E-state index >= 15 is 0 Å². The van der Waals surface area contributed by atoms with Crippen molar-refractivity contribution in [2.24, 2.45) is 0 Å². The van der Waals surface area contributed by atoms with Gasteiger partial charge >= 0.3 is 0 Å². The molecular weight excluding hydrogens is 300 g/mol. The van der Waals surface area contributed by atoms with Crippen molar-refractivity contribution in [3.63, 3.8) is 0 Å². The Morgan fingerprint density at radius 2 is 2.14 bits per heavy atom. The number of carbonyl (C=O) groups excluding carboxylic acids is 1. The molecule has 0 aliphatic rings. The van der Waals surface area contributed by atoms with E-state index < -0.39 is 0 Å². The summed E-state index contributed by atoms with van der Waals surface area (Å²) >= 11 is 1.51. The van der Waals surface area contributed by atoms with Gasteiger partial charge in [-0.1, -0.05) is 28.7 Å². The third-order valence-corrected chi connectivity index (χ3v) is 4.40. The molecule has 0 spiro atoms. The number of aldehydes is 1. The van der Waals surface area contributed by atoms with Crippen molar-refractivity contribution >= 4 is 17.6 Å². The van der Waals surface area contributed by atoms with E-state index in [1.165, 1.54) is 11.3 Å². The van der Waals surface area contributed by atoms with Crippen LogP contribution in [-0.2, 0) is 0 Å². The van der Waals surface area contributed by atoms with E-state index in [2.05, 4.69) is 15.3 Å². The van der Waals surface area contributed by atoms with Gasteiger partial charge in [0.05, 0.1) is 12.8 Å². The van der Waals surface area contributed by atoms with Crippen LogP contribution in [0.25, 0.3) is 16.4 Å². The van der Waals surface area contributed by atoms with E-state index in [1.807, 2.05) is 38.1 Å². The number of rotatable bonds is 4. The number of carbonyl (C=O) groups is 1. The van der Waals surface area contributed by atoms with Crippen molar-refractivity contribution < 1.29 is 9.53 Å². The first-order valence-electron chi connectivity index (χ1n) is 6.63. The summed E-state index contributed by atoms with van der Waals surface area (Å²) < 4.78 is 6.84. The lowest BCUT2D eigenvalue weighted by Gasteiger charge is -2.06. The van der Waals surface area contributed by atoms with Crippen LogP contribution in [0.5, 0.6) is 5.75 Å². The first-order chi connectivity index (χ1) is 10.6. The Bertz CT molecular complexity index is 818. The Morgan fingerprint density at radius 1 is 1.32 bits per heavy atom. The molecule has 0 radical (unpaired) electrons. The SMILES string of the molecule is COc1cccc(-c2c(C=O)nnn2-c2nc(C)c(C)s2)c1. The van der Waals surface area contributed by atoms with Gasteiger partial charge in [0, 0.05) is 10.4 Å². The Hall–Kier alpha value is -2.54. The van der Waals surface area contributed by atoms with E-state index in [0.717, 1.165) is 16.1 Å². The molecule has 0 atom stereocenters. The highest BCUT2D eigenvalue weighted by Gasteiger charge is 2.19. The highest BCUT2D eigenvalue weighted by Crippen LogP contribution is 2.29. The Kier molecular flexibility index (Phi) is 3.72. The molecule has 0 fully saturated rings. The Morgan fingerprint density at radius 3 is 2.77 bits per heavy atom. The lowest BCUT2D eigenvalue weighted by Crippen LogP contribution is -2.00. The maximum atomic E-state index is 11.3. The number of benzene rings is 1. The molecule has 0 aliphatic carbocycles. The summed E-state index contributed by atoms with van der Waals surface area (Å²) in [4.78, 5) is 16.9. The van der Waals surface area contributed by atoms with Gasteiger partial charge in [-0.15, -0.1) is 5.10 Å². The summed E-state index contributed by atoms with van der Waals surface area (Å²) in [5, 5.41) is 8.73. The normalized spacial score (nSPS) is 10.7. The molecule has 0 saturated heterocycles. The van der Waals surface area contributed by atoms with Crippen LogP contribution in [0.4, 0.5) is 0 Å². The van der Waals surface area contributed by atoms with Crippen LogP contribution in [0.15, 0.2) is 24.3 Å². The van der Waals surface area contributed by atoms with Crippen LogP contribution in [-0.4, -0.2) is 33.4 Å². The maximum absolute atomic E-state index is 11.3. The second-order valence-electron chi connectivity index (χ2n) is 4.72. The standard InChI is InChI=1S/C15H14N4O2S/c1-9-10(2)22-15(16-9)19-14(13(8-20)17-18-19)11-5-4-6-12(7-11)21-3/h4-8H,1-3H3. The zero-order valence-electron chi connectivity index (χ0n) is 12.4. The summed E-state index contributed by atoms with van der Waals surface area (Å²) in [5.41, 5.74) is 2.64. The van der Waals surface area contributed by atoms with E-state index in [1.54, 1.807) is 11.8 Å². The van der Waals surface area contributed by atoms with Gasteiger partial charge in [-0.3, -0.25) is 4.79 Å². The summed E-state index contributed by atoms with van der Waals surface area (Å²) in [7, 11) is 1.60. The first kappa shape index (κ1) is 14.4. The fraction of sp³-hybridized carbons (Fsp3) is 0.200. The van der Waals surface area contributed by atoms with Gasteiger partial charge in [-0.25, -0.2) is 4.98 Å². The van der Waals surface area contributed by atoms with Gasteiger partial charge in [0.15, 0.2) is 12.0 Å². The number of methoxy groups -OCH3 is 1. The monoisotopic (exact) mass is 314 g/mol. The molecule has 1 aromatic carbocycles. The molecule has 2 heterocycles. The molecule has 6 nitrogen and oxygen atoms in total. The smallest absolute Gasteiger partial charge is 0.212 e. The highest BCUT2D eigenvalue weighted by atomic mass is 32.1. The second-order valence-corrected chi connectivity index (χ2v) is 5.90. The zero-order chi connectivity index (χ0) is 15.7. The van der Waals surface area contributed by atoms with E-state index in [4.69, 9.17) is 4.74 Å². The minimum absolute atomic E-state index is 0.277. The van der Waals surface area contributed by atoms with E-state index in [9.17, 15) is 4.79 Å². The van der Waals surface area contributed by atoms with Gasteiger partial charge in [0.25, 0.3) is 0 Å². The van der Waals surface area contributed by atoms with Gasteiger partial charge in [0.1, 0.15) is 11.4 Å². The molecule has 0 aliphatic heterocycles. The van der Waals surface area contributed by atoms with Gasteiger partial charge in [-0.05, 0) is 26.0 Å². The van der Waals surface area contributed by atoms with Crippen LogP contribution in [0, 0.1) is 13.8 Å². The van der Waals surface area contributed by atoms with Crippen LogP contribution >= 0.6 is 11.3 Å². The van der Waals surface area contributed by atoms with Crippen LogP contribution in [0.2, 0.25) is 0 Å².